The summed E-state index contributed by atoms with van der Waals surface area (Å²) in [7, 11) is 2.87. The van der Waals surface area contributed by atoms with Gasteiger partial charge in [-0.15, -0.1) is 0 Å². The fourth-order valence-corrected chi connectivity index (χ4v) is 3.19. The SMILES string of the molecule is COCCC(C(=O)O)n1cc(OC)c(-c2cc(Cl)c(F)cc2C(C)C)cc1=O. The van der Waals surface area contributed by atoms with Crippen LogP contribution in [0.5, 0.6) is 5.75 Å². The molecule has 1 N–H and O–H groups in total. The quantitative estimate of drug-likeness (QED) is 0.707. The number of carboxylic acid groups (broad SMARTS) is 1. The predicted octanol–water partition coefficient (Wildman–Crippen LogP) is 4.10. The monoisotopic (exact) mass is 411 g/mol. The van der Waals surface area contributed by atoms with Crippen LogP contribution in [0.3, 0.4) is 0 Å². The van der Waals surface area contributed by atoms with Crippen molar-refractivity contribution in [3.63, 3.8) is 0 Å². The highest BCUT2D eigenvalue weighted by atomic mass is 35.5. The number of hydrogen-bond donors (Lipinski definition) is 1. The summed E-state index contributed by atoms with van der Waals surface area (Å²) in [4.78, 5) is 24.3. The Hall–Kier alpha value is -2.38. The van der Waals surface area contributed by atoms with E-state index in [2.05, 4.69) is 0 Å². The van der Waals surface area contributed by atoms with E-state index in [0.29, 0.717) is 16.7 Å². The van der Waals surface area contributed by atoms with Gasteiger partial charge in [0.1, 0.15) is 17.6 Å². The molecule has 6 nitrogen and oxygen atoms in total. The van der Waals surface area contributed by atoms with Crippen molar-refractivity contribution in [2.24, 2.45) is 0 Å². The zero-order valence-electron chi connectivity index (χ0n) is 16.2. The molecule has 1 unspecified atom stereocenters. The number of pyridine rings is 1. The molecule has 8 heteroatoms. The number of rotatable bonds is 8. The lowest BCUT2D eigenvalue weighted by atomic mass is 9.92. The first kappa shape index (κ1) is 21.9. The van der Waals surface area contributed by atoms with E-state index in [0.717, 1.165) is 4.57 Å². The summed E-state index contributed by atoms with van der Waals surface area (Å²) in [6.45, 7) is 3.97. The molecule has 0 fully saturated rings. The van der Waals surface area contributed by atoms with E-state index in [1.165, 1.54) is 38.6 Å². The van der Waals surface area contributed by atoms with E-state index >= 15 is 0 Å². The van der Waals surface area contributed by atoms with Gasteiger partial charge in [0.15, 0.2) is 0 Å². The standard InChI is InChI=1S/C20H23ClFNO5/c1-11(2)12-8-16(22)15(21)7-13(12)14-9-19(24)23(10-18(14)28-4)17(20(25)26)5-6-27-3/h7-11,17H,5-6H2,1-4H3,(H,25,26). The summed E-state index contributed by atoms with van der Waals surface area (Å²) in [5, 5.41) is 9.42. The third kappa shape index (κ3) is 4.54. The lowest BCUT2D eigenvalue weighted by molar-refractivity contribution is -0.141. The van der Waals surface area contributed by atoms with Crippen LogP contribution in [0.15, 0.2) is 29.2 Å². The number of halogens is 2. The number of aromatic nitrogens is 1. The van der Waals surface area contributed by atoms with Gasteiger partial charge >= 0.3 is 5.97 Å². The molecular formula is C20H23ClFNO5. The zero-order valence-corrected chi connectivity index (χ0v) is 16.9. The summed E-state index contributed by atoms with van der Waals surface area (Å²) in [6, 6.07) is 2.98. The van der Waals surface area contributed by atoms with Crippen molar-refractivity contribution in [3.05, 3.63) is 51.2 Å². The van der Waals surface area contributed by atoms with Crippen molar-refractivity contribution < 1.29 is 23.8 Å². The number of benzene rings is 1. The van der Waals surface area contributed by atoms with Gasteiger partial charge < -0.3 is 14.6 Å². The molecule has 0 aliphatic rings. The Balaban J connectivity index is 2.69. The van der Waals surface area contributed by atoms with Crippen LogP contribution >= 0.6 is 11.6 Å². The van der Waals surface area contributed by atoms with Gasteiger partial charge in [0.2, 0.25) is 0 Å². The average molecular weight is 412 g/mol. The molecule has 0 radical (unpaired) electrons. The fourth-order valence-electron chi connectivity index (χ4n) is 3.03. The van der Waals surface area contributed by atoms with Crippen LogP contribution in [0, 0.1) is 5.82 Å². The minimum Gasteiger partial charge on any atom is -0.495 e. The molecule has 1 aromatic heterocycles. The molecule has 1 atom stereocenters. The largest absolute Gasteiger partial charge is 0.495 e. The van der Waals surface area contributed by atoms with Gasteiger partial charge in [0, 0.05) is 31.8 Å². The van der Waals surface area contributed by atoms with E-state index in [9.17, 15) is 19.1 Å². The summed E-state index contributed by atoms with van der Waals surface area (Å²) in [5.41, 5.74) is 1.12. The fraction of sp³-hybridized carbons (Fsp3) is 0.400. The second kappa shape index (κ2) is 9.21. The van der Waals surface area contributed by atoms with Gasteiger partial charge in [-0.3, -0.25) is 9.36 Å². The maximum Gasteiger partial charge on any atom is 0.326 e. The number of hydrogen-bond acceptors (Lipinski definition) is 4. The van der Waals surface area contributed by atoms with Crippen molar-refractivity contribution >= 4 is 17.6 Å². The first-order valence-corrected chi connectivity index (χ1v) is 9.10. The molecule has 2 rings (SSSR count). The molecule has 1 aromatic carbocycles. The first-order valence-electron chi connectivity index (χ1n) is 8.72. The lowest BCUT2D eigenvalue weighted by Crippen LogP contribution is -2.30. The van der Waals surface area contributed by atoms with Crippen molar-refractivity contribution in [2.45, 2.75) is 32.2 Å². The van der Waals surface area contributed by atoms with E-state index < -0.39 is 23.4 Å². The van der Waals surface area contributed by atoms with Crippen LogP contribution in [0.25, 0.3) is 11.1 Å². The Morgan fingerprint density at radius 3 is 2.46 bits per heavy atom. The highest BCUT2D eigenvalue weighted by Crippen LogP contribution is 2.37. The van der Waals surface area contributed by atoms with Gasteiger partial charge in [-0.2, -0.15) is 0 Å². The second-order valence-corrected chi connectivity index (χ2v) is 7.05. The van der Waals surface area contributed by atoms with Crippen molar-refractivity contribution in [1.29, 1.82) is 0 Å². The van der Waals surface area contributed by atoms with Crippen molar-refractivity contribution in [2.75, 3.05) is 20.8 Å². The topological polar surface area (TPSA) is 77.8 Å². The molecule has 1 heterocycles. The average Bonchev–Trinajstić information content (AvgIpc) is 2.64. The van der Waals surface area contributed by atoms with Crippen LogP contribution in [-0.2, 0) is 9.53 Å². The first-order chi connectivity index (χ1) is 13.2. The van der Waals surface area contributed by atoms with Gasteiger partial charge in [0.05, 0.1) is 18.3 Å². The smallest absolute Gasteiger partial charge is 0.326 e. The molecule has 0 bridgehead atoms. The van der Waals surface area contributed by atoms with Crippen LogP contribution in [-0.4, -0.2) is 36.5 Å². The Labute approximate surface area is 167 Å². The lowest BCUT2D eigenvalue weighted by Gasteiger charge is -2.20. The summed E-state index contributed by atoms with van der Waals surface area (Å²) in [5.74, 6) is -1.45. The van der Waals surface area contributed by atoms with Gasteiger partial charge in [-0.1, -0.05) is 25.4 Å². The number of methoxy groups -OCH3 is 2. The van der Waals surface area contributed by atoms with Crippen molar-refractivity contribution in [1.82, 2.24) is 4.57 Å². The maximum atomic E-state index is 14.0. The third-order valence-electron chi connectivity index (χ3n) is 4.48. The molecule has 0 spiro atoms. The number of aliphatic carboxylic acids is 1. The van der Waals surface area contributed by atoms with E-state index in [1.54, 1.807) is 0 Å². The molecule has 0 aliphatic heterocycles. The summed E-state index contributed by atoms with van der Waals surface area (Å²) >= 11 is 5.97. The minimum absolute atomic E-state index is 0.0395. The van der Waals surface area contributed by atoms with Crippen LogP contribution < -0.4 is 10.3 Å². The Morgan fingerprint density at radius 2 is 1.93 bits per heavy atom. The Kier molecular flexibility index (Phi) is 7.21. The summed E-state index contributed by atoms with van der Waals surface area (Å²) in [6.07, 6.45) is 1.47. The minimum atomic E-state index is -1.15. The highest BCUT2D eigenvalue weighted by molar-refractivity contribution is 6.31. The van der Waals surface area contributed by atoms with Gasteiger partial charge in [-0.25, -0.2) is 9.18 Å². The molecule has 152 valence electrons. The second-order valence-electron chi connectivity index (χ2n) is 6.64. The maximum absolute atomic E-state index is 14.0. The number of ether oxygens (including phenoxy) is 2. The number of carbonyl (C=O) groups is 1. The molecular weight excluding hydrogens is 389 g/mol. The van der Waals surface area contributed by atoms with E-state index in [4.69, 9.17) is 21.1 Å². The zero-order chi connectivity index (χ0) is 21.0. The Morgan fingerprint density at radius 1 is 1.25 bits per heavy atom. The summed E-state index contributed by atoms with van der Waals surface area (Å²) < 4.78 is 25.4. The van der Waals surface area contributed by atoms with Crippen LogP contribution in [0.2, 0.25) is 5.02 Å². The molecule has 0 aliphatic carbocycles. The van der Waals surface area contributed by atoms with Gasteiger partial charge in [0.25, 0.3) is 5.56 Å². The molecule has 0 amide bonds. The molecule has 0 saturated heterocycles. The molecule has 28 heavy (non-hydrogen) atoms. The normalized spacial score (nSPS) is 12.2. The molecule has 2 aromatic rings. The Bertz CT molecular complexity index is 926. The van der Waals surface area contributed by atoms with Gasteiger partial charge in [-0.05, 0) is 29.2 Å². The number of nitrogens with zero attached hydrogens (tertiary/aromatic N) is 1. The van der Waals surface area contributed by atoms with Crippen LogP contribution in [0.1, 0.15) is 37.8 Å². The van der Waals surface area contributed by atoms with Crippen molar-refractivity contribution in [3.8, 4) is 16.9 Å². The predicted molar refractivity (Wildman–Crippen MR) is 105 cm³/mol. The number of carboxylic acids is 1. The van der Waals surface area contributed by atoms with Crippen LogP contribution in [0.4, 0.5) is 4.39 Å². The van der Waals surface area contributed by atoms with E-state index in [-0.39, 0.29) is 29.7 Å². The van der Waals surface area contributed by atoms with E-state index in [1.807, 2.05) is 13.8 Å². The third-order valence-corrected chi connectivity index (χ3v) is 4.77. The molecule has 0 saturated carbocycles. The highest BCUT2D eigenvalue weighted by Gasteiger charge is 2.24.